The first kappa shape index (κ1) is 13.5. The molecular formula is C10H7N5O4S. The molecule has 0 radical (unpaired) electrons. The summed E-state index contributed by atoms with van der Waals surface area (Å²) in [6, 6.07) is 3.69. The van der Waals surface area contributed by atoms with Gasteiger partial charge in [0.25, 0.3) is 5.56 Å². The molecule has 0 aliphatic carbocycles. The number of nitro benzene ring substituents is 1. The second kappa shape index (κ2) is 5.40. The quantitative estimate of drug-likeness (QED) is 0.373. The molecule has 0 spiro atoms. The Morgan fingerprint density at radius 3 is 2.95 bits per heavy atom. The minimum absolute atomic E-state index is 0.0120. The largest absolute Gasteiger partial charge is 0.502 e. The molecule has 0 amide bonds. The van der Waals surface area contributed by atoms with Crippen LogP contribution in [0.4, 0.5) is 5.69 Å². The van der Waals surface area contributed by atoms with Crippen LogP contribution < -0.4 is 5.56 Å². The minimum atomic E-state index is -0.725. The third kappa shape index (κ3) is 2.75. The van der Waals surface area contributed by atoms with Gasteiger partial charge in [-0.1, -0.05) is 0 Å². The van der Waals surface area contributed by atoms with Gasteiger partial charge >= 0.3 is 5.69 Å². The van der Waals surface area contributed by atoms with Crippen LogP contribution in [0.1, 0.15) is 5.56 Å². The van der Waals surface area contributed by atoms with Crippen molar-refractivity contribution in [2.75, 3.05) is 0 Å². The molecule has 0 atom stereocenters. The van der Waals surface area contributed by atoms with Crippen molar-refractivity contribution in [3.63, 3.8) is 0 Å². The van der Waals surface area contributed by atoms with Crippen LogP contribution in [-0.2, 0) is 0 Å². The van der Waals surface area contributed by atoms with Crippen molar-refractivity contribution in [1.82, 2.24) is 14.9 Å². The number of nitrogens with one attached hydrogen (secondary N) is 1. The van der Waals surface area contributed by atoms with E-state index in [9.17, 15) is 20.0 Å². The summed E-state index contributed by atoms with van der Waals surface area (Å²) in [5.41, 5.74) is -0.674. The van der Waals surface area contributed by atoms with Crippen molar-refractivity contribution in [2.45, 2.75) is 0 Å². The fraction of sp³-hybridized carbons (Fsp3) is 0. The Morgan fingerprint density at radius 2 is 2.30 bits per heavy atom. The highest BCUT2D eigenvalue weighted by Gasteiger charge is 2.12. The maximum atomic E-state index is 11.4. The zero-order valence-corrected chi connectivity index (χ0v) is 10.6. The number of rotatable bonds is 3. The number of nitro groups is 1. The van der Waals surface area contributed by atoms with E-state index in [1.807, 2.05) is 0 Å². The molecule has 0 aliphatic heterocycles. The predicted molar refractivity (Wildman–Crippen MR) is 71.4 cm³/mol. The number of benzene rings is 1. The first-order chi connectivity index (χ1) is 9.49. The summed E-state index contributed by atoms with van der Waals surface area (Å²) in [4.78, 5) is 21.4. The number of nitrogens with zero attached hydrogens (tertiary/aromatic N) is 4. The molecule has 20 heavy (non-hydrogen) atoms. The normalized spacial score (nSPS) is 10.8. The fourth-order valence-corrected chi connectivity index (χ4v) is 1.54. The number of hydrogen-bond acceptors (Lipinski definition) is 7. The molecule has 2 N–H and O–H groups in total. The van der Waals surface area contributed by atoms with E-state index in [1.165, 1.54) is 12.3 Å². The molecule has 0 unspecified atom stereocenters. The lowest BCUT2D eigenvalue weighted by atomic mass is 10.2. The van der Waals surface area contributed by atoms with Crippen LogP contribution in [0.5, 0.6) is 5.75 Å². The van der Waals surface area contributed by atoms with Gasteiger partial charge in [-0.2, -0.15) is 14.9 Å². The first-order valence-corrected chi connectivity index (χ1v) is 5.58. The predicted octanol–water partition coefficient (Wildman–Crippen LogP) is 0.797. The van der Waals surface area contributed by atoms with Gasteiger partial charge in [-0.3, -0.25) is 20.0 Å². The summed E-state index contributed by atoms with van der Waals surface area (Å²) in [6.07, 6.45) is 2.20. The highest BCUT2D eigenvalue weighted by molar-refractivity contribution is 7.71. The lowest BCUT2D eigenvalue weighted by molar-refractivity contribution is -0.385. The van der Waals surface area contributed by atoms with Crippen LogP contribution in [0, 0.1) is 14.9 Å². The highest BCUT2D eigenvalue weighted by atomic mass is 32.1. The van der Waals surface area contributed by atoms with E-state index in [1.54, 1.807) is 0 Å². The van der Waals surface area contributed by atoms with Gasteiger partial charge in [-0.25, -0.2) is 0 Å². The molecule has 1 heterocycles. The van der Waals surface area contributed by atoms with E-state index in [0.29, 0.717) is 5.56 Å². The SMILES string of the molecule is O=c1cn[nH]c(=S)n1/N=C/c1ccc(O)c([N+](=O)[O-])c1. The third-order valence-electron chi connectivity index (χ3n) is 2.25. The van der Waals surface area contributed by atoms with Gasteiger partial charge < -0.3 is 5.11 Å². The Morgan fingerprint density at radius 1 is 1.55 bits per heavy atom. The molecule has 0 aliphatic rings. The summed E-state index contributed by atoms with van der Waals surface area (Å²) in [5.74, 6) is -0.453. The van der Waals surface area contributed by atoms with Gasteiger partial charge in [0.2, 0.25) is 4.77 Å². The van der Waals surface area contributed by atoms with Crippen LogP contribution in [0.3, 0.4) is 0 Å². The number of hydrogen-bond donors (Lipinski definition) is 2. The van der Waals surface area contributed by atoms with E-state index in [0.717, 1.165) is 23.0 Å². The molecule has 0 bridgehead atoms. The second-order valence-corrected chi connectivity index (χ2v) is 3.96. The van der Waals surface area contributed by atoms with E-state index in [4.69, 9.17) is 12.2 Å². The lowest BCUT2D eigenvalue weighted by Gasteiger charge is -1.98. The first-order valence-electron chi connectivity index (χ1n) is 5.17. The van der Waals surface area contributed by atoms with E-state index in [2.05, 4.69) is 15.3 Å². The van der Waals surface area contributed by atoms with Crippen LogP contribution >= 0.6 is 12.2 Å². The molecule has 102 valence electrons. The Balaban J connectivity index is 2.42. The van der Waals surface area contributed by atoms with Crippen molar-refractivity contribution in [3.05, 3.63) is 55.2 Å². The molecule has 0 saturated heterocycles. The average molecular weight is 293 g/mol. The summed E-state index contributed by atoms with van der Waals surface area (Å²) in [6.45, 7) is 0. The van der Waals surface area contributed by atoms with Crippen LogP contribution in [0.25, 0.3) is 0 Å². The van der Waals surface area contributed by atoms with Gasteiger partial charge in [0.1, 0.15) is 6.20 Å². The Kier molecular flexibility index (Phi) is 3.66. The summed E-state index contributed by atoms with van der Waals surface area (Å²) in [5, 5.41) is 29.7. The number of aromatic hydroxyl groups is 1. The second-order valence-electron chi connectivity index (χ2n) is 3.58. The number of phenols is 1. The summed E-state index contributed by atoms with van der Waals surface area (Å²) in [7, 11) is 0. The molecule has 9 nitrogen and oxygen atoms in total. The van der Waals surface area contributed by atoms with Gasteiger partial charge in [0.15, 0.2) is 5.75 Å². The Hall–Kier alpha value is -2.88. The van der Waals surface area contributed by atoms with Crippen molar-refractivity contribution < 1.29 is 10.0 Å². The van der Waals surface area contributed by atoms with Gasteiger partial charge in [0.05, 0.1) is 11.1 Å². The monoisotopic (exact) mass is 293 g/mol. The summed E-state index contributed by atoms with van der Waals surface area (Å²) >= 11 is 4.83. The van der Waals surface area contributed by atoms with Crippen molar-refractivity contribution in [3.8, 4) is 5.75 Å². The molecule has 1 aromatic heterocycles. The third-order valence-corrected chi connectivity index (χ3v) is 2.52. The molecule has 1 aromatic carbocycles. The molecule has 0 saturated carbocycles. The van der Waals surface area contributed by atoms with Crippen LogP contribution in [-0.4, -0.2) is 31.1 Å². The average Bonchev–Trinajstić information content (AvgIpc) is 2.39. The Bertz CT molecular complexity index is 782. The van der Waals surface area contributed by atoms with Crippen molar-refractivity contribution >= 4 is 24.1 Å². The highest BCUT2D eigenvalue weighted by Crippen LogP contribution is 2.25. The summed E-state index contributed by atoms with van der Waals surface area (Å²) < 4.78 is 0.864. The fourth-order valence-electron chi connectivity index (χ4n) is 1.35. The number of aromatic amines is 1. The minimum Gasteiger partial charge on any atom is -0.502 e. The van der Waals surface area contributed by atoms with E-state index >= 15 is 0 Å². The number of phenolic OH excluding ortho intramolecular Hbond substituents is 1. The lowest BCUT2D eigenvalue weighted by Crippen LogP contribution is -2.18. The van der Waals surface area contributed by atoms with Crippen molar-refractivity contribution in [2.24, 2.45) is 5.10 Å². The van der Waals surface area contributed by atoms with Gasteiger partial charge in [0, 0.05) is 11.6 Å². The van der Waals surface area contributed by atoms with E-state index < -0.39 is 21.9 Å². The molecule has 0 fully saturated rings. The maximum Gasteiger partial charge on any atom is 0.311 e. The van der Waals surface area contributed by atoms with Gasteiger partial charge in [-0.05, 0) is 24.4 Å². The molecule has 2 aromatic rings. The maximum absolute atomic E-state index is 11.4. The smallest absolute Gasteiger partial charge is 0.311 e. The Labute approximate surface area is 116 Å². The number of H-pyrrole nitrogens is 1. The van der Waals surface area contributed by atoms with Crippen LogP contribution in [0.2, 0.25) is 0 Å². The zero-order valence-electron chi connectivity index (χ0n) is 9.76. The molecule has 10 heteroatoms. The molecule has 2 rings (SSSR count). The number of aromatic nitrogens is 3. The standard InChI is InChI=1S/C10H7N5O4S/c16-8-2-1-6(3-7(8)15(18)19)4-12-14-9(17)5-11-13-10(14)20/h1-5,16H,(H,13,20)/b12-4+. The zero-order chi connectivity index (χ0) is 14.7. The topological polar surface area (TPSA) is 126 Å². The molecular weight excluding hydrogens is 286 g/mol. The van der Waals surface area contributed by atoms with Crippen LogP contribution in [0.15, 0.2) is 34.3 Å². The van der Waals surface area contributed by atoms with Crippen molar-refractivity contribution in [1.29, 1.82) is 0 Å². The van der Waals surface area contributed by atoms with Gasteiger partial charge in [-0.15, -0.1) is 0 Å². The van der Waals surface area contributed by atoms with E-state index in [-0.39, 0.29) is 4.77 Å².